The van der Waals surface area contributed by atoms with E-state index in [9.17, 15) is 4.79 Å². The third-order valence-corrected chi connectivity index (χ3v) is 2.78. The molecule has 0 atom stereocenters. The first-order valence-corrected chi connectivity index (χ1v) is 6.10. The van der Waals surface area contributed by atoms with Crippen LogP contribution in [0.5, 0.6) is 0 Å². The van der Waals surface area contributed by atoms with Crippen LogP contribution in [0.1, 0.15) is 11.3 Å². The molecule has 0 aliphatic heterocycles. The number of rotatable bonds is 3. The Morgan fingerprint density at radius 3 is 3.10 bits per heavy atom. The Morgan fingerprint density at radius 2 is 2.30 bits per heavy atom. The third-order valence-electron chi connectivity index (χ3n) is 2.78. The summed E-state index contributed by atoms with van der Waals surface area (Å²) in [6.45, 7) is 2.19. The predicted molar refractivity (Wildman–Crippen MR) is 72.3 cm³/mol. The van der Waals surface area contributed by atoms with Gasteiger partial charge in [0.1, 0.15) is 5.65 Å². The molecule has 0 aliphatic rings. The van der Waals surface area contributed by atoms with E-state index in [1.54, 1.807) is 19.2 Å². The van der Waals surface area contributed by atoms with Crippen molar-refractivity contribution in [2.24, 2.45) is 0 Å². The quantitative estimate of drug-likeness (QED) is 0.762. The number of imidazole rings is 1. The van der Waals surface area contributed by atoms with Crippen molar-refractivity contribution in [1.82, 2.24) is 19.9 Å². The lowest BCUT2D eigenvalue weighted by Gasteiger charge is -2.05. The maximum Gasteiger partial charge on any atom is 0.321 e. The largest absolute Gasteiger partial charge is 0.338 e. The van der Waals surface area contributed by atoms with Crippen molar-refractivity contribution in [2.45, 2.75) is 13.5 Å². The Bertz CT molecular complexity index is 746. The highest BCUT2D eigenvalue weighted by Crippen LogP contribution is 2.08. The molecule has 0 unspecified atom stereocenters. The summed E-state index contributed by atoms with van der Waals surface area (Å²) in [5.74, 6) is 0.323. The van der Waals surface area contributed by atoms with Crippen LogP contribution in [0.15, 0.2) is 41.3 Å². The maximum atomic E-state index is 11.7. The van der Waals surface area contributed by atoms with Gasteiger partial charge in [-0.05, 0) is 24.6 Å². The molecule has 2 amide bonds. The predicted octanol–water partition coefficient (Wildman–Crippen LogP) is 1.95. The van der Waals surface area contributed by atoms with E-state index in [0.717, 1.165) is 11.2 Å². The fourth-order valence-corrected chi connectivity index (χ4v) is 1.82. The number of fused-ring (bicyclic) bond motifs is 1. The van der Waals surface area contributed by atoms with Crippen molar-refractivity contribution in [1.29, 1.82) is 0 Å². The summed E-state index contributed by atoms with van der Waals surface area (Å²) in [5.41, 5.74) is 2.52. The highest BCUT2D eigenvalue weighted by molar-refractivity contribution is 5.87. The number of nitrogens with one attached hydrogen (secondary N) is 2. The highest BCUT2D eigenvalue weighted by Gasteiger charge is 2.06. The van der Waals surface area contributed by atoms with Crippen LogP contribution in [0.3, 0.4) is 0 Å². The summed E-state index contributed by atoms with van der Waals surface area (Å²) in [6, 6.07) is 5.15. The molecule has 0 radical (unpaired) electrons. The maximum absolute atomic E-state index is 11.7. The third kappa shape index (κ3) is 2.61. The molecule has 0 aliphatic carbocycles. The Labute approximate surface area is 114 Å². The number of nitrogens with zero attached hydrogens (tertiary/aromatic N) is 3. The first-order chi connectivity index (χ1) is 9.70. The molecule has 3 rings (SSSR count). The van der Waals surface area contributed by atoms with Crippen LogP contribution >= 0.6 is 0 Å². The second kappa shape index (κ2) is 5.04. The summed E-state index contributed by atoms with van der Waals surface area (Å²) in [7, 11) is 0. The monoisotopic (exact) mass is 271 g/mol. The van der Waals surface area contributed by atoms with Crippen LogP contribution in [0, 0.1) is 6.92 Å². The number of aromatic nitrogens is 3. The number of carbonyl (C=O) groups is 1. The van der Waals surface area contributed by atoms with Crippen LogP contribution in [-0.2, 0) is 6.54 Å². The summed E-state index contributed by atoms with van der Waals surface area (Å²) < 4.78 is 6.80. The first-order valence-electron chi connectivity index (χ1n) is 6.10. The molecule has 2 N–H and O–H groups in total. The van der Waals surface area contributed by atoms with Gasteiger partial charge in [0.05, 0.1) is 5.69 Å². The lowest BCUT2D eigenvalue weighted by Crippen LogP contribution is -2.28. The summed E-state index contributed by atoms with van der Waals surface area (Å²) in [4.78, 5) is 15.9. The zero-order valence-corrected chi connectivity index (χ0v) is 10.8. The van der Waals surface area contributed by atoms with Gasteiger partial charge >= 0.3 is 6.03 Å². The minimum atomic E-state index is -0.343. The fourth-order valence-electron chi connectivity index (χ4n) is 1.82. The average Bonchev–Trinajstić information content (AvgIpc) is 3.04. The van der Waals surface area contributed by atoms with Gasteiger partial charge in [0, 0.05) is 31.2 Å². The van der Waals surface area contributed by atoms with Crippen molar-refractivity contribution in [3.63, 3.8) is 0 Å². The van der Waals surface area contributed by atoms with Crippen LogP contribution in [0.2, 0.25) is 0 Å². The molecule has 102 valence electrons. The zero-order chi connectivity index (χ0) is 13.9. The van der Waals surface area contributed by atoms with Crippen molar-refractivity contribution in [3.05, 3.63) is 48.0 Å². The molecule has 0 fully saturated rings. The molecular weight excluding hydrogens is 258 g/mol. The number of hydrogen-bond donors (Lipinski definition) is 2. The SMILES string of the molecule is Cc1cc(NC(=O)NCc2ccn3ccnc3c2)on1. The highest BCUT2D eigenvalue weighted by atomic mass is 16.5. The van der Waals surface area contributed by atoms with Crippen molar-refractivity contribution in [3.8, 4) is 0 Å². The van der Waals surface area contributed by atoms with Gasteiger partial charge in [-0.2, -0.15) is 0 Å². The molecule has 20 heavy (non-hydrogen) atoms. The minimum absolute atomic E-state index is 0.323. The average molecular weight is 271 g/mol. The Hall–Kier alpha value is -2.83. The van der Waals surface area contributed by atoms with Crippen LogP contribution in [0.25, 0.3) is 5.65 Å². The fraction of sp³-hybridized carbons (Fsp3) is 0.154. The zero-order valence-electron chi connectivity index (χ0n) is 10.8. The summed E-state index contributed by atoms with van der Waals surface area (Å²) in [6.07, 6.45) is 5.49. The van der Waals surface area contributed by atoms with E-state index >= 15 is 0 Å². The van der Waals surface area contributed by atoms with E-state index in [-0.39, 0.29) is 6.03 Å². The molecule has 7 nitrogen and oxygen atoms in total. The molecule has 0 aromatic carbocycles. The number of carbonyl (C=O) groups excluding carboxylic acids is 1. The van der Waals surface area contributed by atoms with Gasteiger partial charge in [-0.1, -0.05) is 5.16 Å². The topological polar surface area (TPSA) is 84.5 Å². The molecule has 3 aromatic rings. The van der Waals surface area contributed by atoms with Gasteiger partial charge in [0.25, 0.3) is 0 Å². The van der Waals surface area contributed by atoms with Gasteiger partial charge in [-0.3, -0.25) is 5.32 Å². The van der Waals surface area contributed by atoms with E-state index in [2.05, 4.69) is 20.8 Å². The van der Waals surface area contributed by atoms with E-state index in [0.29, 0.717) is 18.1 Å². The van der Waals surface area contributed by atoms with E-state index in [1.807, 2.05) is 28.9 Å². The smallest absolute Gasteiger partial charge is 0.321 e. The number of aryl methyl sites for hydroxylation is 1. The van der Waals surface area contributed by atoms with E-state index in [4.69, 9.17) is 4.52 Å². The standard InChI is InChI=1S/C13H13N5O2/c1-9-6-12(20-17-9)16-13(19)15-8-10-2-4-18-5-3-14-11(18)7-10/h2-7H,8H2,1H3,(H2,15,16,19). The lowest BCUT2D eigenvalue weighted by atomic mass is 10.2. The lowest BCUT2D eigenvalue weighted by molar-refractivity contribution is 0.251. The number of urea groups is 1. The van der Waals surface area contributed by atoms with Crippen LogP contribution in [0.4, 0.5) is 10.7 Å². The van der Waals surface area contributed by atoms with Crippen molar-refractivity contribution in [2.75, 3.05) is 5.32 Å². The van der Waals surface area contributed by atoms with Gasteiger partial charge in [0.15, 0.2) is 0 Å². The number of pyridine rings is 1. The molecular formula is C13H13N5O2. The van der Waals surface area contributed by atoms with Crippen molar-refractivity contribution >= 4 is 17.6 Å². The number of anilines is 1. The molecule has 7 heteroatoms. The number of hydrogen-bond acceptors (Lipinski definition) is 4. The molecule has 3 heterocycles. The second-order valence-corrected chi connectivity index (χ2v) is 4.37. The molecule has 0 spiro atoms. The number of amides is 2. The molecule has 0 bridgehead atoms. The second-order valence-electron chi connectivity index (χ2n) is 4.37. The molecule has 0 saturated heterocycles. The first kappa shape index (κ1) is 12.2. The van der Waals surface area contributed by atoms with E-state index in [1.165, 1.54) is 0 Å². The van der Waals surface area contributed by atoms with Gasteiger partial charge in [0.2, 0.25) is 5.88 Å². The molecule has 3 aromatic heterocycles. The molecule has 0 saturated carbocycles. The Morgan fingerprint density at radius 1 is 1.40 bits per heavy atom. The van der Waals surface area contributed by atoms with Gasteiger partial charge in [-0.25, -0.2) is 9.78 Å². The van der Waals surface area contributed by atoms with Gasteiger partial charge < -0.3 is 14.2 Å². The minimum Gasteiger partial charge on any atom is -0.338 e. The summed E-state index contributed by atoms with van der Waals surface area (Å²) in [5, 5.41) is 8.99. The van der Waals surface area contributed by atoms with Gasteiger partial charge in [-0.15, -0.1) is 0 Å². The Balaban J connectivity index is 1.59. The summed E-state index contributed by atoms with van der Waals surface area (Å²) >= 11 is 0. The van der Waals surface area contributed by atoms with Crippen molar-refractivity contribution < 1.29 is 9.32 Å². The normalized spacial score (nSPS) is 10.7. The Kier molecular flexibility index (Phi) is 3.08. The van der Waals surface area contributed by atoms with Crippen LogP contribution < -0.4 is 10.6 Å². The van der Waals surface area contributed by atoms with E-state index < -0.39 is 0 Å². The van der Waals surface area contributed by atoms with Crippen LogP contribution in [-0.4, -0.2) is 20.6 Å².